The van der Waals surface area contributed by atoms with E-state index in [1.54, 1.807) is 0 Å². The molecular formula is C10H10N2O6. The van der Waals surface area contributed by atoms with E-state index in [1.165, 1.54) is 0 Å². The lowest BCUT2D eigenvalue weighted by Gasteiger charge is -2.08. The average Bonchev–Trinajstić information content (AvgIpc) is 2.94. The quantitative estimate of drug-likeness (QED) is 0.617. The Morgan fingerprint density at radius 1 is 0.889 bits per heavy atom. The molecule has 0 atom stereocenters. The van der Waals surface area contributed by atoms with Crippen molar-refractivity contribution in [2.75, 3.05) is 26.3 Å². The number of carbonyl (C=O) groups excluding carboxylic acids is 4. The first kappa shape index (κ1) is 12.1. The number of hydrogen-bond donors (Lipinski definition) is 0. The van der Waals surface area contributed by atoms with Crippen LogP contribution in [0.1, 0.15) is 0 Å². The van der Waals surface area contributed by atoms with E-state index >= 15 is 0 Å². The average molecular weight is 254 g/mol. The molecule has 0 aromatic rings. The molecule has 2 aliphatic rings. The Morgan fingerprint density at radius 3 is 1.56 bits per heavy atom. The number of hydrogen-bond acceptors (Lipinski definition) is 6. The third kappa shape index (κ3) is 2.31. The van der Waals surface area contributed by atoms with E-state index in [1.807, 2.05) is 0 Å². The van der Waals surface area contributed by atoms with Gasteiger partial charge in [0.2, 0.25) is 0 Å². The summed E-state index contributed by atoms with van der Waals surface area (Å²) in [6.45, 7) is 0.597. The molecule has 0 radical (unpaired) electrons. The fourth-order valence-corrected chi connectivity index (χ4v) is 1.51. The van der Waals surface area contributed by atoms with Gasteiger partial charge in [0, 0.05) is 12.2 Å². The zero-order valence-electron chi connectivity index (χ0n) is 9.33. The van der Waals surface area contributed by atoms with Crippen LogP contribution in [0.15, 0.2) is 12.2 Å². The van der Waals surface area contributed by atoms with Crippen LogP contribution in [0.5, 0.6) is 0 Å². The second-order valence-electron chi connectivity index (χ2n) is 3.54. The highest BCUT2D eigenvalue weighted by Gasteiger charge is 2.29. The minimum absolute atomic E-state index is 0.144. The number of nitrogens with zero attached hydrogens (tertiary/aromatic N) is 2. The summed E-state index contributed by atoms with van der Waals surface area (Å²) in [4.78, 5) is 46.8. The second kappa shape index (κ2) is 4.86. The third-order valence-corrected chi connectivity index (χ3v) is 2.42. The van der Waals surface area contributed by atoms with E-state index in [9.17, 15) is 19.2 Å². The normalized spacial score (nSPS) is 19.3. The summed E-state index contributed by atoms with van der Waals surface area (Å²) in [5.41, 5.74) is 0. The Kier molecular flexibility index (Phi) is 3.26. The topological polar surface area (TPSA) is 93.2 Å². The molecule has 0 saturated carbocycles. The largest absolute Gasteiger partial charge is 0.447 e. The SMILES string of the molecule is O=C(/C=C/C(=O)N1CCOC1=O)N1CCOC1=O. The first-order valence-electron chi connectivity index (χ1n) is 5.24. The van der Waals surface area contributed by atoms with Crippen LogP contribution in [0.2, 0.25) is 0 Å². The number of rotatable bonds is 2. The van der Waals surface area contributed by atoms with Gasteiger partial charge in [0.15, 0.2) is 0 Å². The van der Waals surface area contributed by atoms with Crippen LogP contribution in [0.3, 0.4) is 0 Å². The van der Waals surface area contributed by atoms with Crippen LogP contribution in [-0.2, 0) is 19.1 Å². The van der Waals surface area contributed by atoms with E-state index < -0.39 is 24.0 Å². The summed E-state index contributed by atoms with van der Waals surface area (Å²) in [6.07, 6.45) is 0.386. The van der Waals surface area contributed by atoms with Crippen LogP contribution in [0.25, 0.3) is 0 Å². The Hall–Kier alpha value is -2.38. The number of imide groups is 2. The van der Waals surface area contributed by atoms with Gasteiger partial charge in [-0.25, -0.2) is 19.4 Å². The maximum atomic E-state index is 11.5. The molecule has 8 nitrogen and oxygen atoms in total. The summed E-state index contributed by atoms with van der Waals surface area (Å²) in [6, 6.07) is 0. The molecule has 2 rings (SSSR count). The van der Waals surface area contributed by atoms with E-state index in [0.717, 1.165) is 22.0 Å². The van der Waals surface area contributed by atoms with Crippen LogP contribution < -0.4 is 0 Å². The van der Waals surface area contributed by atoms with Gasteiger partial charge in [0.05, 0.1) is 13.1 Å². The van der Waals surface area contributed by atoms with Crippen molar-refractivity contribution < 1.29 is 28.7 Å². The molecule has 0 unspecified atom stereocenters. The van der Waals surface area contributed by atoms with Gasteiger partial charge in [-0.2, -0.15) is 0 Å². The summed E-state index contributed by atoms with van der Waals surface area (Å²) < 4.78 is 9.15. The summed E-state index contributed by atoms with van der Waals surface area (Å²) >= 11 is 0. The molecule has 0 aromatic heterocycles. The lowest BCUT2D eigenvalue weighted by molar-refractivity contribution is -0.125. The predicted molar refractivity (Wildman–Crippen MR) is 55.3 cm³/mol. The van der Waals surface area contributed by atoms with Crippen molar-refractivity contribution in [1.82, 2.24) is 9.80 Å². The van der Waals surface area contributed by atoms with Crippen molar-refractivity contribution in [1.29, 1.82) is 0 Å². The molecular weight excluding hydrogens is 244 g/mol. The molecule has 96 valence electrons. The lowest BCUT2D eigenvalue weighted by atomic mass is 10.4. The highest BCUT2D eigenvalue weighted by molar-refractivity contribution is 6.05. The van der Waals surface area contributed by atoms with Crippen LogP contribution >= 0.6 is 0 Å². The second-order valence-corrected chi connectivity index (χ2v) is 3.54. The van der Waals surface area contributed by atoms with Gasteiger partial charge in [-0.05, 0) is 0 Å². The van der Waals surface area contributed by atoms with Gasteiger partial charge >= 0.3 is 12.2 Å². The maximum absolute atomic E-state index is 11.5. The molecule has 2 fully saturated rings. The smallest absolute Gasteiger partial charge is 0.416 e. The van der Waals surface area contributed by atoms with E-state index in [-0.39, 0.29) is 26.3 Å². The molecule has 2 aliphatic heterocycles. The molecule has 0 spiro atoms. The molecule has 8 heteroatoms. The van der Waals surface area contributed by atoms with Crippen LogP contribution in [0, 0.1) is 0 Å². The number of carbonyl (C=O) groups is 4. The number of amides is 4. The van der Waals surface area contributed by atoms with Crippen molar-refractivity contribution in [3.8, 4) is 0 Å². The lowest BCUT2D eigenvalue weighted by Crippen LogP contribution is -2.32. The van der Waals surface area contributed by atoms with Gasteiger partial charge in [-0.1, -0.05) is 0 Å². The summed E-state index contributed by atoms with van der Waals surface area (Å²) in [5.74, 6) is -1.31. The Bertz CT molecular complexity index is 404. The van der Waals surface area contributed by atoms with E-state index in [4.69, 9.17) is 0 Å². The van der Waals surface area contributed by atoms with Crippen molar-refractivity contribution in [2.45, 2.75) is 0 Å². The van der Waals surface area contributed by atoms with Gasteiger partial charge in [-0.3, -0.25) is 9.59 Å². The van der Waals surface area contributed by atoms with E-state index in [2.05, 4.69) is 9.47 Å². The number of cyclic esters (lactones) is 2. The van der Waals surface area contributed by atoms with E-state index in [0.29, 0.717) is 0 Å². The summed E-state index contributed by atoms with van der Waals surface area (Å²) in [5, 5.41) is 0. The maximum Gasteiger partial charge on any atom is 0.416 e. The van der Waals surface area contributed by atoms with Gasteiger partial charge in [-0.15, -0.1) is 0 Å². The summed E-state index contributed by atoms with van der Waals surface area (Å²) in [7, 11) is 0. The van der Waals surface area contributed by atoms with Crippen molar-refractivity contribution >= 4 is 24.0 Å². The fraction of sp³-hybridized carbons (Fsp3) is 0.400. The van der Waals surface area contributed by atoms with Crippen LogP contribution in [-0.4, -0.2) is 60.1 Å². The molecule has 2 heterocycles. The molecule has 4 amide bonds. The van der Waals surface area contributed by atoms with Gasteiger partial charge < -0.3 is 9.47 Å². The van der Waals surface area contributed by atoms with Crippen molar-refractivity contribution in [3.05, 3.63) is 12.2 Å². The zero-order chi connectivity index (χ0) is 13.1. The highest BCUT2D eigenvalue weighted by Crippen LogP contribution is 2.06. The Labute approximate surface area is 102 Å². The number of ether oxygens (including phenoxy) is 2. The molecule has 18 heavy (non-hydrogen) atoms. The minimum atomic E-state index is -0.738. The monoisotopic (exact) mass is 254 g/mol. The Balaban J connectivity index is 1.94. The van der Waals surface area contributed by atoms with Crippen LogP contribution in [0.4, 0.5) is 9.59 Å². The van der Waals surface area contributed by atoms with Gasteiger partial charge in [0.1, 0.15) is 13.2 Å². The first-order chi connectivity index (χ1) is 8.59. The van der Waals surface area contributed by atoms with Crippen molar-refractivity contribution in [2.24, 2.45) is 0 Å². The van der Waals surface area contributed by atoms with Gasteiger partial charge in [0.25, 0.3) is 11.8 Å². The highest BCUT2D eigenvalue weighted by atomic mass is 16.6. The minimum Gasteiger partial charge on any atom is -0.447 e. The molecule has 0 aliphatic carbocycles. The van der Waals surface area contributed by atoms with Crippen molar-refractivity contribution in [3.63, 3.8) is 0 Å². The molecule has 0 bridgehead atoms. The standard InChI is InChI=1S/C10H10N2O6/c13-7(11-3-5-17-9(11)15)1-2-8(14)12-4-6-18-10(12)16/h1-2H,3-6H2/b2-1+. The Morgan fingerprint density at radius 2 is 1.28 bits per heavy atom. The zero-order valence-corrected chi connectivity index (χ0v) is 9.33. The third-order valence-electron chi connectivity index (χ3n) is 2.42. The fourth-order valence-electron chi connectivity index (χ4n) is 1.51. The predicted octanol–water partition coefficient (Wildman–Crippen LogP) is -0.500. The first-order valence-corrected chi connectivity index (χ1v) is 5.24. The molecule has 0 aromatic carbocycles. The molecule has 2 saturated heterocycles. The molecule has 0 N–H and O–H groups in total.